The van der Waals surface area contributed by atoms with Gasteiger partial charge in [-0.1, -0.05) is 140 Å². The zero-order valence-corrected chi connectivity index (χ0v) is 33.9. The molecule has 52 heavy (non-hydrogen) atoms. The van der Waals surface area contributed by atoms with Gasteiger partial charge in [0, 0.05) is 19.4 Å². The summed E-state index contributed by atoms with van der Waals surface area (Å²) in [5.74, 6) is -0.860. The van der Waals surface area contributed by atoms with E-state index in [9.17, 15) is 19.0 Å². The Hall–Kier alpha value is -2.03. The highest BCUT2D eigenvalue weighted by molar-refractivity contribution is 7.47. The molecular weight excluding hydrogens is 677 g/mol. The molecule has 0 saturated heterocycles. The molecule has 0 radical (unpaired) electrons. The van der Waals surface area contributed by atoms with Crippen LogP contribution in [0, 0.1) is 0 Å². The van der Waals surface area contributed by atoms with E-state index in [4.69, 9.17) is 24.3 Å². The summed E-state index contributed by atoms with van der Waals surface area (Å²) in [4.78, 5) is 34.8. The third kappa shape index (κ3) is 37.7. The molecule has 0 aliphatic rings. The molecule has 3 N–H and O–H groups in total. The number of esters is 2. The molecule has 9 nitrogen and oxygen atoms in total. The molecule has 10 heteroatoms. The third-order valence-corrected chi connectivity index (χ3v) is 9.43. The highest BCUT2D eigenvalue weighted by atomic mass is 31.2. The van der Waals surface area contributed by atoms with Crippen molar-refractivity contribution in [3.8, 4) is 0 Å². The maximum absolute atomic E-state index is 12.5. The van der Waals surface area contributed by atoms with E-state index in [-0.39, 0.29) is 32.6 Å². The molecule has 2 atom stereocenters. The van der Waals surface area contributed by atoms with Crippen LogP contribution in [-0.4, -0.2) is 49.3 Å². The summed E-state index contributed by atoms with van der Waals surface area (Å²) < 4.78 is 32.7. The fourth-order valence-electron chi connectivity index (χ4n) is 5.41. The molecular formula is C42H76NO8P. The second-order valence-electron chi connectivity index (χ2n) is 13.5. The van der Waals surface area contributed by atoms with Gasteiger partial charge in [-0.3, -0.25) is 18.6 Å². The first-order valence-corrected chi connectivity index (χ1v) is 22.1. The number of hydrogen-bond donors (Lipinski definition) is 2. The van der Waals surface area contributed by atoms with Gasteiger partial charge in [0.25, 0.3) is 0 Å². The van der Waals surface area contributed by atoms with E-state index in [1.165, 1.54) is 51.4 Å². The smallest absolute Gasteiger partial charge is 0.462 e. The van der Waals surface area contributed by atoms with Gasteiger partial charge in [0.1, 0.15) is 6.61 Å². The van der Waals surface area contributed by atoms with E-state index in [0.717, 1.165) is 89.9 Å². The van der Waals surface area contributed by atoms with Gasteiger partial charge in [-0.25, -0.2) is 4.57 Å². The number of phosphoric acid groups is 1. The number of nitrogens with two attached hydrogens (primary N) is 1. The Morgan fingerprint density at radius 2 is 1.06 bits per heavy atom. The minimum absolute atomic E-state index is 0.0477. The van der Waals surface area contributed by atoms with E-state index in [2.05, 4.69) is 62.5 Å². The molecule has 0 saturated carbocycles. The Labute approximate surface area is 317 Å². The van der Waals surface area contributed by atoms with Crippen LogP contribution in [0.25, 0.3) is 0 Å². The lowest BCUT2D eigenvalue weighted by molar-refractivity contribution is -0.161. The molecule has 0 bridgehead atoms. The number of rotatable bonds is 38. The average molecular weight is 754 g/mol. The Balaban J connectivity index is 4.22. The summed E-state index contributed by atoms with van der Waals surface area (Å²) in [5.41, 5.74) is 5.34. The first-order valence-electron chi connectivity index (χ1n) is 20.6. The lowest BCUT2D eigenvalue weighted by Gasteiger charge is -2.19. The van der Waals surface area contributed by atoms with Gasteiger partial charge in [0.2, 0.25) is 0 Å². The SMILES string of the molecule is CC/C=C\C/C=C\C/C=C\CCCCCCCC(=O)OC(COC(=O)CCCCCCC/C=C\CCCCCCCCC)COP(=O)(O)OCCN. The number of ether oxygens (including phenoxy) is 2. The molecule has 302 valence electrons. The first kappa shape index (κ1) is 50.0. The summed E-state index contributed by atoms with van der Waals surface area (Å²) in [6.07, 6.45) is 42.8. The molecule has 0 rings (SSSR count). The Kier molecular flexibility index (Phi) is 37.2. The van der Waals surface area contributed by atoms with Gasteiger partial charge in [-0.15, -0.1) is 0 Å². The molecule has 0 aliphatic heterocycles. The standard InChI is InChI=1S/C42H76NO8P/c1-3-5-7-9-11-13-15-17-19-21-22-24-26-28-30-32-34-41(44)48-38-40(39-50-52(46,47)49-37-36-43)51-42(45)35-33-31-29-27-25-23-20-18-16-14-12-10-8-6-4-2/h6,8,12,14,18-21,40H,3-5,7,9-11,13,15-17,22-39,43H2,1-2H3,(H,46,47)/b8-6-,14-12-,20-18-,21-19-. The fourth-order valence-corrected chi connectivity index (χ4v) is 6.17. The summed E-state index contributed by atoms with van der Waals surface area (Å²) in [5, 5.41) is 0. The van der Waals surface area contributed by atoms with Crippen LogP contribution in [0.2, 0.25) is 0 Å². The summed E-state index contributed by atoms with van der Waals surface area (Å²) in [6, 6.07) is 0. The lowest BCUT2D eigenvalue weighted by atomic mass is 10.1. The van der Waals surface area contributed by atoms with Crippen molar-refractivity contribution in [3.63, 3.8) is 0 Å². The molecule has 0 spiro atoms. The molecule has 0 aromatic rings. The van der Waals surface area contributed by atoms with Crippen LogP contribution in [0.15, 0.2) is 48.6 Å². The lowest BCUT2D eigenvalue weighted by Crippen LogP contribution is -2.29. The Bertz CT molecular complexity index is 996. The third-order valence-electron chi connectivity index (χ3n) is 8.45. The van der Waals surface area contributed by atoms with Crippen LogP contribution < -0.4 is 5.73 Å². The zero-order chi connectivity index (χ0) is 38.2. The van der Waals surface area contributed by atoms with E-state index < -0.39 is 32.5 Å². The van der Waals surface area contributed by atoms with E-state index in [1.807, 2.05) is 0 Å². The van der Waals surface area contributed by atoms with Gasteiger partial charge in [-0.2, -0.15) is 0 Å². The molecule has 0 fully saturated rings. The van der Waals surface area contributed by atoms with Gasteiger partial charge >= 0.3 is 19.8 Å². The topological polar surface area (TPSA) is 134 Å². The highest BCUT2D eigenvalue weighted by Gasteiger charge is 2.25. The van der Waals surface area contributed by atoms with Crippen LogP contribution in [0.1, 0.15) is 174 Å². The fraction of sp³-hybridized carbons (Fsp3) is 0.762. The van der Waals surface area contributed by atoms with Gasteiger partial charge < -0.3 is 20.1 Å². The number of hydrogen-bond acceptors (Lipinski definition) is 8. The van der Waals surface area contributed by atoms with Crippen molar-refractivity contribution >= 4 is 19.8 Å². The summed E-state index contributed by atoms with van der Waals surface area (Å²) in [6.45, 7) is 3.58. The number of unbranched alkanes of at least 4 members (excludes halogenated alkanes) is 17. The maximum atomic E-state index is 12.5. The van der Waals surface area contributed by atoms with Crippen molar-refractivity contribution in [2.24, 2.45) is 5.73 Å². The molecule has 2 unspecified atom stereocenters. The average Bonchev–Trinajstić information content (AvgIpc) is 3.13. The Morgan fingerprint density at radius 3 is 1.60 bits per heavy atom. The first-order chi connectivity index (χ1) is 25.3. The molecule has 0 aromatic carbocycles. The normalized spacial score (nSPS) is 13.8. The van der Waals surface area contributed by atoms with Crippen molar-refractivity contribution in [3.05, 3.63) is 48.6 Å². The second kappa shape index (κ2) is 38.7. The van der Waals surface area contributed by atoms with E-state index >= 15 is 0 Å². The zero-order valence-electron chi connectivity index (χ0n) is 33.0. The van der Waals surface area contributed by atoms with Gasteiger partial charge in [0.05, 0.1) is 13.2 Å². The molecule has 0 amide bonds. The molecule has 0 aliphatic carbocycles. The van der Waals surface area contributed by atoms with Crippen LogP contribution >= 0.6 is 7.82 Å². The van der Waals surface area contributed by atoms with Crippen molar-refractivity contribution in [1.29, 1.82) is 0 Å². The largest absolute Gasteiger partial charge is 0.472 e. The van der Waals surface area contributed by atoms with Gasteiger partial charge in [0.15, 0.2) is 6.10 Å². The van der Waals surface area contributed by atoms with Crippen LogP contribution in [0.4, 0.5) is 0 Å². The maximum Gasteiger partial charge on any atom is 0.472 e. The predicted octanol–water partition coefficient (Wildman–Crippen LogP) is 11.6. The second-order valence-corrected chi connectivity index (χ2v) is 14.9. The minimum atomic E-state index is -4.38. The highest BCUT2D eigenvalue weighted by Crippen LogP contribution is 2.43. The predicted molar refractivity (Wildman–Crippen MR) is 215 cm³/mol. The quantitative estimate of drug-likeness (QED) is 0.0273. The van der Waals surface area contributed by atoms with E-state index in [0.29, 0.717) is 6.42 Å². The number of allylic oxidation sites excluding steroid dienone is 8. The van der Waals surface area contributed by atoms with Crippen LogP contribution in [0.3, 0.4) is 0 Å². The van der Waals surface area contributed by atoms with Crippen molar-refractivity contribution in [2.45, 2.75) is 180 Å². The minimum Gasteiger partial charge on any atom is -0.462 e. The number of carbonyl (C=O) groups excluding carboxylic acids is 2. The van der Waals surface area contributed by atoms with Crippen LogP contribution in [0.5, 0.6) is 0 Å². The number of phosphoric ester groups is 1. The molecule has 0 heterocycles. The Morgan fingerprint density at radius 1 is 0.596 bits per heavy atom. The van der Waals surface area contributed by atoms with Crippen LogP contribution in [-0.2, 0) is 32.7 Å². The number of carbonyl (C=O) groups is 2. The molecule has 0 aromatic heterocycles. The monoisotopic (exact) mass is 754 g/mol. The summed E-state index contributed by atoms with van der Waals surface area (Å²) >= 11 is 0. The van der Waals surface area contributed by atoms with Crippen molar-refractivity contribution < 1.29 is 37.6 Å². The van der Waals surface area contributed by atoms with Crippen molar-refractivity contribution in [1.82, 2.24) is 0 Å². The van der Waals surface area contributed by atoms with Gasteiger partial charge in [-0.05, 0) is 70.6 Å². The van der Waals surface area contributed by atoms with Crippen molar-refractivity contribution in [2.75, 3.05) is 26.4 Å². The summed E-state index contributed by atoms with van der Waals surface area (Å²) in [7, 11) is -4.38. The van der Waals surface area contributed by atoms with E-state index in [1.54, 1.807) is 0 Å².